The number of amides is 1. The molecule has 0 spiro atoms. The van der Waals surface area contributed by atoms with Gasteiger partial charge in [0.2, 0.25) is 5.91 Å². The van der Waals surface area contributed by atoms with Crippen LogP contribution in [0.15, 0.2) is 12.4 Å². The molecule has 1 fully saturated rings. The molecule has 3 N–H and O–H groups in total. The van der Waals surface area contributed by atoms with Gasteiger partial charge in [0.15, 0.2) is 0 Å². The largest absolute Gasteiger partial charge is 0.396 e. The van der Waals surface area contributed by atoms with E-state index in [9.17, 15) is 4.79 Å². The highest BCUT2D eigenvalue weighted by Gasteiger charge is 2.10. The fourth-order valence-electron chi connectivity index (χ4n) is 2.21. The van der Waals surface area contributed by atoms with Gasteiger partial charge in [-0.2, -0.15) is 5.10 Å². The number of nitrogens with one attached hydrogen (secondary N) is 1. The molecule has 100 valence electrons. The van der Waals surface area contributed by atoms with E-state index < -0.39 is 0 Å². The third-order valence-corrected chi connectivity index (χ3v) is 3.13. The Morgan fingerprint density at radius 2 is 2.22 bits per heavy atom. The van der Waals surface area contributed by atoms with Crippen molar-refractivity contribution in [3.05, 3.63) is 12.4 Å². The number of aromatic nitrogens is 2. The number of carbonyl (C=O) groups excluding carboxylic acids is 1. The van der Waals surface area contributed by atoms with Crippen LogP contribution in [0.25, 0.3) is 0 Å². The molecule has 0 atom stereocenters. The van der Waals surface area contributed by atoms with Crippen molar-refractivity contribution in [2.75, 3.05) is 31.9 Å². The number of rotatable bonds is 6. The first-order valence-electron chi connectivity index (χ1n) is 6.51. The van der Waals surface area contributed by atoms with Crippen LogP contribution in [0.1, 0.15) is 19.3 Å². The van der Waals surface area contributed by atoms with Crippen molar-refractivity contribution in [3.63, 3.8) is 0 Å². The van der Waals surface area contributed by atoms with E-state index in [4.69, 9.17) is 5.73 Å². The SMILES string of the molecule is Nc1cnn(CC(=O)NCCCN2CCCC2)c1. The fourth-order valence-corrected chi connectivity index (χ4v) is 2.21. The number of hydrogen-bond acceptors (Lipinski definition) is 4. The smallest absolute Gasteiger partial charge is 0.241 e. The van der Waals surface area contributed by atoms with Crippen LogP contribution in [-0.4, -0.2) is 46.8 Å². The summed E-state index contributed by atoms with van der Waals surface area (Å²) < 4.78 is 1.55. The topological polar surface area (TPSA) is 76.2 Å². The molecule has 18 heavy (non-hydrogen) atoms. The summed E-state index contributed by atoms with van der Waals surface area (Å²) in [5.41, 5.74) is 6.11. The van der Waals surface area contributed by atoms with Gasteiger partial charge in [0.05, 0.1) is 11.9 Å². The Morgan fingerprint density at radius 1 is 1.44 bits per heavy atom. The normalized spacial score (nSPS) is 16.0. The molecule has 6 nitrogen and oxygen atoms in total. The van der Waals surface area contributed by atoms with Gasteiger partial charge in [0.25, 0.3) is 0 Å². The highest BCUT2D eigenvalue weighted by molar-refractivity contribution is 5.75. The molecule has 6 heteroatoms. The van der Waals surface area contributed by atoms with Gasteiger partial charge in [-0.15, -0.1) is 0 Å². The number of nitrogen functional groups attached to an aromatic ring is 1. The number of nitrogens with two attached hydrogens (primary N) is 1. The molecule has 1 aliphatic heterocycles. The molecule has 1 aromatic heterocycles. The lowest BCUT2D eigenvalue weighted by atomic mass is 10.4. The van der Waals surface area contributed by atoms with Crippen LogP contribution >= 0.6 is 0 Å². The Morgan fingerprint density at radius 3 is 2.89 bits per heavy atom. The number of hydrogen-bond donors (Lipinski definition) is 2. The number of anilines is 1. The Balaban J connectivity index is 1.57. The van der Waals surface area contributed by atoms with Crippen molar-refractivity contribution in [1.29, 1.82) is 0 Å². The van der Waals surface area contributed by atoms with Gasteiger partial charge in [0, 0.05) is 12.7 Å². The van der Waals surface area contributed by atoms with E-state index in [1.165, 1.54) is 25.9 Å². The monoisotopic (exact) mass is 251 g/mol. The highest BCUT2D eigenvalue weighted by Crippen LogP contribution is 2.06. The van der Waals surface area contributed by atoms with Crippen molar-refractivity contribution in [1.82, 2.24) is 20.0 Å². The Labute approximate surface area is 107 Å². The second-order valence-electron chi connectivity index (χ2n) is 4.72. The Bertz CT molecular complexity index is 384. The number of carbonyl (C=O) groups is 1. The molecule has 1 aromatic rings. The van der Waals surface area contributed by atoms with Gasteiger partial charge in [-0.3, -0.25) is 9.48 Å². The summed E-state index contributed by atoms with van der Waals surface area (Å²) in [6.07, 6.45) is 6.83. The minimum Gasteiger partial charge on any atom is -0.396 e. The van der Waals surface area contributed by atoms with Crippen LogP contribution < -0.4 is 11.1 Å². The lowest BCUT2D eigenvalue weighted by Gasteiger charge is -2.14. The van der Waals surface area contributed by atoms with E-state index in [-0.39, 0.29) is 12.5 Å². The predicted molar refractivity (Wildman–Crippen MR) is 69.9 cm³/mol. The van der Waals surface area contributed by atoms with Crippen molar-refractivity contribution in [2.45, 2.75) is 25.8 Å². The molecule has 0 bridgehead atoms. The summed E-state index contributed by atoms with van der Waals surface area (Å²) in [6, 6.07) is 0. The van der Waals surface area contributed by atoms with Crippen LogP contribution in [-0.2, 0) is 11.3 Å². The standard InChI is InChI=1S/C12H21N5O/c13-11-8-15-17(9-11)10-12(18)14-4-3-7-16-5-1-2-6-16/h8-9H,1-7,10,13H2,(H,14,18). The zero-order valence-corrected chi connectivity index (χ0v) is 10.6. The van der Waals surface area contributed by atoms with E-state index in [1.54, 1.807) is 17.1 Å². The fraction of sp³-hybridized carbons (Fsp3) is 0.667. The van der Waals surface area contributed by atoms with Crippen LogP contribution in [0, 0.1) is 0 Å². The molecule has 0 aliphatic carbocycles. The van der Waals surface area contributed by atoms with E-state index in [0.717, 1.165) is 19.5 Å². The van der Waals surface area contributed by atoms with Gasteiger partial charge in [-0.05, 0) is 38.9 Å². The Kier molecular flexibility index (Phi) is 4.58. The van der Waals surface area contributed by atoms with E-state index >= 15 is 0 Å². The predicted octanol–water partition coefficient (Wildman–Crippen LogP) is 0.0674. The first-order chi connectivity index (χ1) is 8.74. The van der Waals surface area contributed by atoms with Crippen molar-refractivity contribution < 1.29 is 4.79 Å². The maximum absolute atomic E-state index is 11.6. The van der Waals surface area contributed by atoms with Crippen LogP contribution in [0.3, 0.4) is 0 Å². The minimum atomic E-state index is -0.0143. The summed E-state index contributed by atoms with van der Waals surface area (Å²) >= 11 is 0. The molecular formula is C12H21N5O. The second kappa shape index (κ2) is 6.39. The van der Waals surface area contributed by atoms with Crippen molar-refractivity contribution >= 4 is 11.6 Å². The summed E-state index contributed by atoms with van der Waals surface area (Å²) in [5.74, 6) is -0.0143. The minimum absolute atomic E-state index is 0.0143. The first kappa shape index (κ1) is 12.9. The first-order valence-corrected chi connectivity index (χ1v) is 6.51. The summed E-state index contributed by atoms with van der Waals surface area (Å²) in [6.45, 7) is 4.46. The Hall–Kier alpha value is -1.56. The zero-order chi connectivity index (χ0) is 12.8. The molecule has 0 saturated carbocycles. The quantitative estimate of drug-likeness (QED) is 0.701. The highest BCUT2D eigenvalue weighted by atomic mass is 16.2. The molecule has 1 saturated heterocycles. The molecule has 1 aliphatic rings. The van der Waals surface area contributed by atoms with Crippen molar-refractivity contribution in [2.24, 2.45) is 0 Å². The van der Waals surface area contributed by atoms with Gasteiger partial charge in [0.1, 0.15) is 6.54 Å². The van der Waals surface area contributed by atoms with Crippen molar-refractivity contribution in [3.8, 4) is 0 Å². The average Bonchev–Trinajstić information content (AvgIpc) is 2.96. The van der Waals surface area contributed by atoms with Crippen LogP contribution in [0.2, 0.25) is 0 Å². The molecule has 0 unspecified atom stereocenters. The number of likely N-dealkylation sites (tertiary alicyclic amines) is 1. The van der Waals surface area contributed by atoms with E-state index in [1.807, 2.05) is 0 Å². The molecule has 2 rings (SSSR count). The third-order valence-electron chi connectivity index (χ3n) is 3.13. The molecule has 1 amide bonds. The number of nitrogens with zero attached hydrogens (tertiary/aromatic N) is 3. The van der Waals surface area contributed by atoms with Gasteiger partial charge >= 0.3 is 0 Å². The lowest BCUT2D eigenvalue weighted by molar-refractivity contribution is -0.121. The molecule has 0 radical (unpaired) electrons. The third kappa shape index (κ3) is 4.03. The van der Waals surface area contributed by atoms with Gasteiger partial charge < -0.3 is 16.0 Å². The second-order valence-corrected chi connectivity index (χ2v) is 4.72. The van der Waals surface area contributed by atoms with E-state index in [2.05, 4.69) is 15.3 Å². The summed E-state index contributed by atoms with van der Waals surface area (Å²) in [4.78, 5) is 14.0. The maximum atomic E-state index is 11.6. The lowest BCUT2D eigenvalue weighted by Crippen LogP contribution is -2.31. The summed E-state index contributed by atoms with van der Waals surface area (Å²) in [5, 5.41) is 6.87. The van der Waals surface area contributed by atoms with Gasteiger partial charge in [-0.1, -0.05) is 0 Å². The van der Waals surface area contributed by atoms with Gasteiger partial charge in [-0.25, -0.2) is 0 Å². The van der Waals surface area contributed by atoms with E-state index in [0.29, 0.717) is 5.69 Å². The van der Waals surface area contributed by atoms with Crippen LogP contribution in [0.5, 0.6) is 0 Å². The maximum Gasteiger partial charge on any atom is 0.241 e. The average molecular weight is 251 g/mol. The van der Waals surface area contributed by atoms with Crippen LogP contribution in [0.4, 0.5) is 5.69 Å². The zero-order valence-electron chi connectivity index (χ0n) is 10.6. The molecular weight excluding hydrogens is 230 g/mol. The molecule has 0 aromatic carbocycles. The molecule has 2 heterocycles. The summed E-state index contributed by atoms with van der Waals surface area (Å²) in [7, 11) is 0.